The summed E-state index contributed by atoms with van der Waals surface area (Å²) in [7, 11) is -1.93. The van der Waals surface area contributed by atoms with Crippen molar-refractivity contribution >= 4 is 10.0 Å². The van der Waals surface area contributed by atoms with Crippen LogP contribution >= 0.6 is 0 Å². The van der Waals surface area contributed by atoms with Gasteiger partial charge in [0.15, 0.2) is 0 Å². The van der Waals surface area contributed by atoms with Gasteiger partial charge in [0.25, 0.3) is 0 Å². The summed E-state index contributed by atoms with van der Waals surface area (Å²) >= 11 is 0. The molecule has 25 heavy (non-hydrogen) atoms. The molecule has 134 valence electrons. The van der Waals surface area contributed by atoms with E-state index in [1.165, 1.54) is 28.6 Å². The van der Waals surface area contributed by atoms with E-state index < -0.39 is 15.8 Å². The van der Waals surface area contributed by atoms with E-state index in [1.807, 2.05) is 24.3 Å². The third-order valence-electron chi connectivity index (χ3n) is 4.35. The summed E-state index contributed by atoms with van der Waals surface area (Å²) in [5.41, 5.74) is 1.16. The lowest BCUT2D eigenvalue weighted by molar-refractivity contribution is 0.181. The van der Waals surface area contributed by atoms with Crippen LogP contribution in [-0.4, -0.2) is 50.9 Å². The number of benzene rings is 2. The van der Waals surface area contributed by atoms with E-state index in [0.717, 1.165) is 17.9 Å². The zero-order valence-corrected chi connectivity index (χ0v) is 14.9. The van der Waals surface area contributed by atoms with Crippen LogP contribution in [0.15, 0.2) is 53.4 Å². The summed E-state index contributed by atoms with van der Waals surface area (Å²) in [5, 5.41) is 0. The molecular weight excluding hydrogens is 343 g/mol. The number of rotatable bonds is 5. The molecule has 3 rings (SSSR count). The smallest absolute Gasteiger partial charge is 0.243 e. The molecule has 1 heterocycles. The normalized spacial score (nSPS) is 16.7. The first-order valence-corrected chi connectivity index (χ1v) is 9.54. The first kappa shape index (κ1) is 17.8. The standard InChI is InChI=1S/C18H21FN2O3S/c1-24-17-6-2-15(3-7-17)14-20-10-12-21(13-11-20)25(22,23)18-8-4-16(19)5-9-18/h2-9H,10-14H2,1H3. The van der Waals surface area contributed by atoms with Crippen LogP contribution in [0.5, 0.6) is 5.75 Å². The lowest BCUT2D eigenvalue weighted by Gasteiger charge is -2.34. The number of nitrogens with zero attached hydrogens (tertiary/aromatic N) is 2. The number of piperazine rings is 1. The Balaban J connectivity index is 1.60. The molecule has 0 saturated carbocycles. The van der Waals surface area contributed by atoms with Gasteiger partial charge in [-0.1, -0.05) is 12.1 Å². The summed E-state index contributed by atoms with van der Waals surface area (Å²) in [6, 6.07) is 12.8. The van der Waals surface area contributed by atoms with Gasteiger partial charge in [-0.15, -0.1) is 0 Å². The molecule has 1 fully saturated rings. The second-order valence-electron chi connectivity index (χ2n) is 5.98. The highest BCUT2D eigenvalue weighted by Gasteiger charge is 2.28. The van der Waals surface area contributed by atoms with Crippen molar-refractivity contribution in [2.45, 2.75) is 11.4 Å². The second-order valence-corrected chi connectivity index (χ2v) is 7.92. The largest absolute Gasteiger partial charge is 0.497 e. The number of halogens is 1. The maximum atomic E-state index is 13.0. The summed E-state index contributed by atoms with van der Waals surface area (Å²) in [5.74, 6) is 0.377. The van der Waals surface area contributed by atoms with Crippen molar-refractivity contribution in [1.29, 1.82) is 0 Å². The highest BCUT2D eigenvalue weighted by atomic mass is 32.2. The Morgan fingerprint density at radius 1 is 0.960 bits per heavy atom. The number of hydrogen-bond acceptors (Lipinski definition) is 4. The predicted molar refractivity (Wildman–Crippen MR) is 93.4 cm³/mol. The van der Waals surface area contributed by atoms with E-state index in [2.05, 4.69) is 4.90 Å². The van der Waals surface area contributed by atoms with E-state index in [4.69, 9.17) is 4.74 Å². The summed E-state index contributed by atoms with van der Waals surface area (Å²) < 4.78 is 44.8. The highest BCUT2D eigenvalue weighted by Crippen LogP contribution is 2.19. The first-order valence-electron chi connectivity index (χ1n) is 8.10. The predicted octanol–water partition coefficient (Wildman–Crippen LogP) is 2.34. The van der Waals surface area contributed by atoms with Crippen molar-refractivity contribution in [1.82, 2.24) is 9.21 Å². The Labute approximate surface area is 147 Å². The molecule has 1 saturated heterocycles. The minimum Gasteiger partial charge on any atom is -0.497 e. The van der Waals surface area contributed by atoms with Gasteiger partial charge in [0.2, 0.25) is 10.0 Å². The van der Waals surface area contributed by atoms with Crippen LogP contribution < -0.4 is 4.74 Å². The molecule has 0 amide bonds. The monoisotopic (exact) mass is 364 g/mol. The summed E-state index contributed by atoms with van der Waals surface area (Å²) in [4.78, 5) is 2.36. The topological polar surface area (TPSA) is 49.9 Å². The minimum absolute atomic E-state index is 0.137. The Morgan fingerprint density at radius 2 is 1.56 bits per heavy atom. The molecule has 0 aromatic heterocycles. The van der Waals surface area contributed by atoms with Crippen LogP contribution in [0.1, 0.15) is 5.56 Å². The van der Waals surface area contributed by atoms with Crippen molar-refractivity contribution in [3.8, 4) is 5.75 Å². The third kappa shape index (κ3) is 4.18. The molecule has 0 aliphatic carbocycles. The average Bonchev–Trinajstić information content (AvgIpc) is 2.63. The number of methoxy groups -OCH3 is 1. The fourth-order valence-electron chi connectivity index (χ4n) is 2.87. The summed E-state index contributed by atoms with van der Waals surface area (Å²) in [6.07, 6.45) is 0. The van der Waals surface area contributed by atoms with Gasteiger partial charge in [0, 0.05) is 32.7 Å². The van der Waals surface area contributed by atoms with Gasteiger partial charge in [0.05, 0.1) is 12.0 Å². The highest BCUT2D eigenvalue weighted by molar-refractivity contribution is 7.89. The Hall–Kier alpha value is -1.96. The molecular formula is C18H21FN2O3S. The van der Waals surface area contributed by atoms with E-state index in [-0.39, 0.29) is 4.90 Å². The van der Waals surface area contributed by atoms with E-state index in [0.29, 0.717) is 26.2 Å². The molecule has 0 N–H and O–H groups in total. The van der Waals surface area contributed by atoms with E-state index in [1.54, 1.807) is 7.11 Å². The number of ether oxygens (including phenoxy) is 1. The summed E-state index contributed by atoms with van der Waals surface area (Å²) in [6.45, 7) is 2.94. The number of sulfonamides is 1. The van der Waals surface area contributed by atoms with Gasteiger partial charge in [-0.3, -0.25) is 4.90 Å². The van der Waals surface area contributed by atoms with Crippen LogP contribution in [-0.2, 0) is 16.6 Å². The van der Waals surface area contributed by atoms with Crippen molar-refractivity contribution in [2.24, 2.45) is 0 Å². The molecule has 1 aliphatic rings. The van der Waals surface area contributed by atoms with Crippen molar-refractivity contribution in [2.75, 3.05) is 33.3 Å². The van der Waals surface area contributed by atoms with Gasteiger partial charge in [-0.25, -0.2) is 12.8 Å². The average molecular weight is 364 g/mol. The fourth-order valence-corrected chi connectivity index (χ4v) is 4.29. The SMILES string of the molecule is COc1ccc(CN2CCN(S(=O)(=O)c3ccc(F)cc3)CC2)cc1. The van der Waals surface area contributed by atoms with Crippen LogP contribution in [0.2, 0.25) is 0 Å². The van der Waals surface area contributed by atoms with Gasteiger partial charge in [0.1, 0.15) is 11.6 Å². The van der Waals surface area contributed by atoms with Gasteiger partial charge in [-0.2, -0.15) is 4.31 Å². The molecule has 0 unspecified atom stereocenters. The zero-order valence-electron chi connectivity index (χ0n) is 14.1. The van der Waals surface area contributed by atoms with Crippen LogP contribution in [0.4, 0.5) is 4.39 Å². The molecule has 1 aliphatic heterocycles. The molecule has 0 atom stereocenters. The molecule has 0 radical (unpaired) electrons. The third-order valence-corrected chi connectivity index (χ3v) is 6.26. The van der Waals surface area contributed by atoms with Crippen LogP contribution in [0, 0.1) is 5.82 Å². The fraction of sp³-hybridized carbons (Fsp3) is 0.333. The van der Waals surface area contributed by atoms with Crippen molar-refractivity contribution in [3.63, 3.8) is 0 Å². The Kier molecular flexibility index (Phi) is 5.36. The second kappa shape index (κ2) is 7.51. The number of hydrogen-bond donors (Lipinski definition) is 0. The molecule has 7 heteroatoms. The maximum Gasteiger partial charge on any atom is 0.243 e. The van der Waals surface area contributed by atoms with Crippen molar-refractivity contribution in [3.05, 3.63) is 59.9 Å². The van der Waals surface area contributed by atoms with Crippen LogP contribution in [0.3, 0.4) is 0 Å². The molecule has 0 bridgehead atoms. The maximum absolute atomic E-state index is 13.0. The molecule has 2 aromatic rings. The lowest BCUT2D eigenvalue weighted by Crippen LogP contribution is -2.48. The minimum atomic E-state index is -3.56. The quantitative estimate of drug-likeness (QED) is 0.817. The lowest BCUT2D eigenvalue weighted by atomic mass is 10.2. The molecule has 5 nitrogen and oxygen atoms in total. The van der Waals surface area contributed by atoms with Crippen LogP contribution in [0.25, 0.3) is 0 Å². The van der Waals surface area contributed by atoms with Gasteiger partial charge < -0.3 is 4.74 Å². The van der Waals surface area contributed by atoms with Gasteiger partial charge >= 0.3 is 0 Å². The zero-order chi connectivity index (χ0) is 17.9. The van der Waals surface area contributed by atoms with E-state index in [9.17, 15) is 12.8 Å². The Bertz CT molecular complexity index is 799. The molecule has 2 aromatic carbocycles. The van der Waals surface area contributed by atoms with Gasteiger partial charge in [-0.05, 0) is 42.0 Å². The van der Waals surface area contributed by atoms with Crippen molar-refractivity contribution < 1.29 is 17.5 Å². The molecule has 0 spiro atoms. The Morgan fingerprint density at radius 3 is 2.12 bits per heavy atom. The first-order chi connectivity index (χ1) is 12.0. The van der Waals surface area contributed by atoms with E-state index >= 15 is 0 Å².